The number of unbranched alkanes of at least 4 members (excludes halogenated alkanes) is 1. The van der Waals surface area contributed by atoms with Crippen LogP contribution in [0.15, 0.2) is 30.5 Å². The lowest BCUT2D eigenvalue weighted by atomic mass is 10.0. The molecule has 0 bridgehead atoms. The zero-order valence-corrected chi connectivity index (χ0v) is 22.3. The van der Waals surface area contributed by atoms with Gasteiger partial charge in [-0.05, 0) is 56.7 Å². The predicted octanol–water partition coefficient (Wildman–Crippen LogP) is 0.0767. The van der Waals surface area contributed by atoms with E-state index in [1.165, 1.54) is 4.90 Å². The highest BCUT2D eigenvalue weighted by Gasteiger charge is 2.38. The van der Waals surface area contributed by atoms with Gasteiger partial charge in [-0.3, -0.25) is 19.2 Å². The van der Waals surface area contributed by atoms with Crippen LogP contribution in [-0.4, -0.2) is 87.0 Å². The Bertz CT molecular complexity index is 1210. The number of amides is 3. The molecule has 13 nitrogen and oxygen atoms in total. The summed E-state index contributed by atoms with van der Waals surface area (Å²) in [6.07, 6.45) is 3.62. The fraction of sp³-hybridized carbons (Fsp3) is 0.519. The van der Waals surface area contributed by atoms with Crippen molar-refractivity contribution in [1.29, 1.82) is 0 Å². The van der Waals surface area contributed by atoms with E-state index in [2.05, 4.69) is 15.6 Å². The van der Waals surface area contributed by atoms with Gasteiger partial charge >= 0.3 is 11.9 Å². The van der Waals surface area contributed by atoms with Crippen molar-refractivity contribution >= 4 is 40.6 Å². The Morgan fingerprint density at radius 3 is 2.45 bits per heavy atom. The van der Waals surface area contributed by atoms with E-state index < -0.39 is 53.8 Å². The number of carboxylic acid groups (broad SMARTS) is 2. The molecule has 4 atom stereocenters. The Kier molecular flexibility index (Phi) is 11.0. The topological polar surface area (TPSA) is 221 Å². The number of aromatic amines is 1. The van der Waals surface area contributed by atoms with Crippen LogP contribution in [0.1, 0.15) is 50.5 Å². The lowest BCUT2D eigenvalue weighted by molar-refractivity contribution is -0.149. The van der Waals surface area contributed by atoms with E-state index in [1.807, 2.05) is 24.3 Å². The van der Waals surface area contributed by atoms with Crippen LogP contribution in [0.3, 0.4) is 0 Å². The summed E-state index contributed by atoms with van der Waals surface area (Å²) in [6, 6.07) is 3.17. The normalized spacial score (nSPS) is 17.2. The summed E-state index contributed by atoms with van der Waals surface area (Å²) in [5.74, 6) is -4.03. The van der Waals surface area contributed by atoms with Crippen molar-refractivity contribution in [1.82, 2.24) is 20.5 Å². The van der Waals surface area contributed by atoms with Crippen molar-refractivity contribution in [3.63, 3.8) is 0 Å². The minimum atomic E-state index is -1.16. The highest BCUT2D eigenvalue weighted by molar-refractivity contribution is 5.95. The molecule has 2 heterocycles. The first-order valence-corrected chi connectivity index (χ1v) is 13.5. The Labute approximate surface area is 231 Å². The van der Waals surface area contributed by atoms with Gasteiger partial charge in [0.1, 0.15) is 18.1 Å². The summed E-state index contributed by atoms with van der Waals surface area (Å²) in [7, 11) is 0. The van der Waals surface area contributed by atoms with Gasteiger partial charge in [-0.25, -0.2) is 4.79 Å². The predicted molar refractivity (Wildman–Crippen MR) is 146 cm³/mol. The molecule has 9 N–H and O–H groups in total. The van der Waals surface area contributed by atoms with Crippen LogP contribution in [0.25, 0.3) is 10.9 Å². The van der Waals surface area contributed by atoms with Gasteiger partial charge in [-0.15, -0.1) is 0 Å². The molecule has 0 saturated carbocycles. The van der Waals surface area contributed by atoms with Gasteiger partial charge in [0.15, 0.2) is 0 Å². The SMILES string of the molecule is NCCCCC(NC(=O)C(Cc1c[nH]c2ccccc12)NC(=O)C(N)CCC(=O)O)C(=O)N1CCCC1C(=O)O. The van der Waals surface area contributed by atoms with E-state index in [0.717, 1.165) is 16.5 Å². The van der Waals surface area contributed by atoms with Crippen molar-refractivity contribution in [3.05, 3.63) is 36.0 Å². The average molecular weight is 559 g/mol. The number of carboxylic acids is 2. The number of nitrogens with two attached hydrogens (primary N) is 2. The van der Waals surface area contributed by atoms with E-state index in [0.29, 0.717) is 32.2 Å². The third kappa shape index (κ3) is 8.02. The monoisotopic (exact) mass is 558 g/mol. The molecular weight excluding hydrogens is 520 g/mol. The molecule has 4 unspecified atom stereocenters. The summed E-state index contributed by atoms with van der Waals surface area (Å²) in [5.41, 5.74) is 13.1. The molecule has 1 fully saturated rings. The Morgan fingerprint density at radius 2 is 1.75 bits per heavy atom. The first-order valence-electron chi connectivity index (χ1n) is 13.5. The number of nitrogens with zero attached hydrogens (tertiary/aromatic N) is 1. The van der Waals surface area contributed by atoms with Crippen molar-refractivity contribution in [2.75, 3.05) is 13.1 Å². The number of benzene rings is 1. The van der Waals surface area contributed by atoms with E-state index in [4.69, 9.17) is 16.6 Å². The van der Waals surface area contributed by atoms with Gasteiger partial charge in [0.2, 0.25) is 17.7 Å². The third-order valence-electron chi connectivity index (χ3n) is 7.12. The lowest BCUT2D eigenvalue weighted by Gasteiger charge is -2.29. The average Bonchev–Trinajstić information content (AvgIpc) is 3.58. The Morgan fingerprint density at radius 1 is 1.02 bits per heavy atom. The van der Waals surface area contributed by atoms with Gasteiger partial charge in [-0.1, -0.05) is 18.2 Å². The number of carbonyl (C=O) groups is 5. The molecule has 0 aliphatic carbocycles. The van der Waals surface area contributed by atoms with Crippen LogP contribution in [-0.2, 0) is 30.4 Å². The van der Waals surface area contributed by atoms with Crippen molar-refractivity contribution < 1.29 is 34.2 Å². The van der Waals surface area contributed by atoms with E-state index >= 15 is 0 Å². The molecule has 1 aromatic carbocycles. The lowest BCUT2D eigenvalue weighted by Crippen LogP contribution is -2.57. The molecule has 0 spiro atoms. The van der Waals surface area contributed by atoms with Gasteiger partial charge in [-0.2, -0.15) is 0 Å². The van der Waals surface area contributed by atoms with Crippen LogP contribution in [0.4, 0.5) is 0 Å². The molecule has 3 amide bonds. The number of hydrogen-bond donors (Lipinski definition) is 7. The maximum atomic E-state index is 13.6. The highest BCUT2D eigenvalue weighted by atomic mass is 16.4. The third-order valence-corrected chi connectivity index (χ3v) is 7.12. The summed E-state index contributed by atoms with van der Waals surface area (Å²) >= 11 is 0. The van der Waals surface area contributed by atoms with E-state index in [1.54, 1.807) is 6.20 Å². The number of para-hydroxylation sites is 1. The number of aliphatic carboxylic acids is 2. The van der Waals surface area contributed by atoms with Crippen LogP contribution >= 0.6 is 0 Å². The zero-order valence-electron chi connectivity index (χ0n) is 22.3. The van der Waals surface area contributed by atoms with Crippen LogP contribution < -0.4 is 22.1 Å². The summed E-state index contributed by atoms with van der Waals surface area (Å²) < 4.78 is 0. The Balaban J connectivity index is 1.83. The fourth-order valence-electron chi connectivity index (χ4n) is 4.93. The first-order chi connectivity index (χ1) is 19.1. The molecule has 13 heteroatoms. The second-order valence-electron chi connectivity index (χ2n) is 10.0. The molecule has 1 aliphatic heterocycles. The molecule has 3 rings (SSSR count). The quantitative estimate of drug-likeness (QED) is 0.147. The molecule has 0 radical (unpaired) electrons. The molecule has 1 saturated heterocycles. The highest BCUT2D eigenvalue weighted by Crippen LogP contribution is 2.21. The number of aromatic nitrogens is 1. The molecule has 1 aromatic heterocycles. The standard InChI is InChI=1S/C27H38N6O7/c28-12-4-3-8-20(26(38)33-13-5-9-22(33)27(39)40)31-25(37)21(32-24(36)18(29)10-11-23(34)35)14-16-15-30-19-7-2-1-6-17(16)19/h1-2,6-7,15,18,20-22,30H,3-5,8-14,28-29H2,(H,31,37)(H,32,36)(H,34,35)(H,39,40). The fourth-order valence-corrected chi connectivity index (χ4v) is 4.93. The summed E-state index contributed by atoms with van der Waals surface area (Å²) in [6.45, 7) is 0.663. The van der Waals surface area contributed by atoms with Gasteiger partial charge < -0.3 is 42.2 Å². The van der Waals surface area contributed by atoms with Crippen LogP contribution in [0.5, 0.6) is 0 Å². The molecule has 40 heavy (non-hydrogen) atoms. The molecular formula is C27H38N6O7. The maximum Gasteiger partial charge on any atom is 0.326 e. The zero-order chi connectivity index (χ0) is 29.2. The smallest absolute Gasteiger partial charge is 0.326 e. The maximum absolute atomic E-state index is 13.6. The number of likely N-dealkylation sites (tertiary alicyclic amines) is 1. The van der Waals surface area contributed by atoms with Crippen molar-refractivity contribution in [2.45, 2.75) is 75.5 Å². The summed E-state index contributed by atoms with van der Waals surface area (Å²) in [4.78, 5) is 66.9. The Hall–Kier alpha value is -3.97. The minimum Gasteiger partial charge on any atom is -0.481 e. The van der Waals surface area contributed by atoms with E-state index in [9.17, 15) is 29.1 Å². The number of fused-ring (bicyclic) bond motifs is 1. The largest absolute Gasteiger partial charge is 0.481 e. The minimum absolute atomic E-state index is 0.0679. The number of rotatable bonds is 15. The second kappa shape index (κ2) is 14.4. The van der Waals surface area contributed by atoms with Gasteiger partial charge in [0.05, 0.1) is 6.04 Å². The van der Waals surface area contributed by atoms with Crippen LogP contribution in [0, 0.1) is 0 Å². The first kappa shape index (κ1) is 30.6. The number of H-pyrrole nitrogens is 1. The molecule has 2 aromatic rings. The van der Waals surface area contributed by atoms with Gasteiger partial charge in [0.25, 0.3) is 0 Å². The summed E-state index contributed by atoms with van der Waals surface area (Å²) in [5, 5.41) is 24.7. The van der Waals surface area contributed by atoms with Crippen molar-refractivity contribution in [2.24, 2.45) is 11.5 Å². The molecule has 1 aliphatic rings. The second-order valence-corrected chi connectivity index (χ2v) is 10.0. The van der Waals surface area contributed by atoms with Gasteiger partial charge in [0, 0.05) is 36.5 Å². The van der Waals surface area contributed by atoms with E-state index in [-0.39, 0.29) is 32.2 Å². The van der Waals surface area contributed by atoms with Crippen molar-refractivity contribution in [3.8, 4) is 0 Å². The number of carbonyl (C=O) groups excluding carboxylic acids is 3. The van der Waals surface area contributed by atoms with Crippen LogP contribution in [0.2, 0.25) is 0 Å². The molecule has 218 valence electrons. The number of hydrogen-bond acceptors (Lipinski definition) is 7. The number of nitrogens with one attached hydrogen (secondary N) is 3.